The zero-order chi connectivity index (χ0) is 21.5. The summed E-state index contributed by atoms with van der Waals surface area (Å²) in [5.41, 5.74) is 3.95. The van der Waals surface area contributed by atoms with E-state index in [-0.39, 0.29) is 17.0 Å². The standard InChI is InChI=1S/C24H23N3O4/c1-14(22(28)25-18-9-7-15-4-2-5-16(15)12-18)31-24(30)17-8-10-19-20(13-17)26-21-6-3-11-27(21)23(19)29/h7-10,12-14H,2-6,11H2,1H3,(H,25,28)/t14-/m1/s1. The second kappa shape index (κ2) is 7.65. The molecule has 0 saturated carbocycles. The van der Waals surface area contributed by atoms with Gasteiger partial charge in [-0.1, -0.05) is 6.07 Å². The quantitative estimate of drug-likeness (QED) is 0.659. The molecule has 5 rings (SSSR count). The van der Waals surface area contributed by atoms with Crippen LogP contribution in [0.5, 0.6) is 0 Å². The molecule has 0 fully saturated rings. The lowest BCUT2D eigenvalue weighted by Crippen LogP contribution is -2.30. The Kier molecular flexibility index (Phi) is 4.81. The van der Waals surface area contributed by atoms with Gasteiger partial charge in [0.15, 0.2) is 6.10 Å². The Labute approximate surface area is 179 Å². The molecule has 7 heteroatoms. The fraction of sp³-hybridized carbons (Fsp3) is 0.333. The smallest absolute Gasteiger partial charge is 0.338 e. The van der Waals surface area contributed by atoms with E-state index in [1.807, 2.05) is 18.2 Å². The number of nitrogens with one attached hydrogen (secondary N) is 1. The Morgan fingerprint density at radius 1 is 1.06 bits per heavy atom. The molecule has 1 aliphatic heterocycles. The molecule has 0 radical (unpaired) electrons. The maximum absolute atomic E-state index is 12.6. The molecule has 0 unspecified atom stereocenters. The number of hydrogen-bond donors (Lipinski definition) is 1. The van der Waals surface area contributed by atoms with Gasteiger partial charge in [-0.2, -0.15) is 0 Å². The number of ether oxygens (including phenoxy) is 1. The van der Waals surface area contributed by atoms with Gasteiger partial charge in [-0.15, -0.1) is 0 Å². The van der Waals surface area contributed by atoms with Crippen LogP contribution in [-0.2, 0) is 35.3 Å². The maximum atomic E-state index is 12.6. The van der Waals surface area contributed by atoms with Crippen molar-refractivity contribution < 1.29 is 14.3 Å². The molecule has 0 saturated heterocycles. The SMILES string of the molecule is C[C@@H](OC(=O)c1ccc2c(=O)n3c(nc2c1)CCC3)C(=O)Nc1ccc2c(c1)CCC2. The van der Waals surface area contributed by atoms with Crippen molar-refractivity contribution in [1.29, 1.82) is 0 Å². The van der Waals surface area contributed by atoms with Crippen LogP contribution in [0.25, 0.3) is 10.9 Å². The zero-order valence-corrected chi connectivity index (χ0v) is 17.3. The van der Waals surface area contributed by atoms with Crippen LogP contribution < -0.4 is 10.9 Å². The number of carbonyl (C=O) groups excluding carboxylic acids is 2. The Bertz CT molecular complexity index is 1280. The number of hydrogen-bond acceptors (Lipinski definition) is 5. The molecule has 2 aromatic carbocycles. The molecule has 0 bridgehead atoms. The molecule has 31 heavy (non-hydrogen) atoms. The van der Waals surface area contributed by atoms with E-state index in [0.29, 0.717) is 23.1 Å². The van der Waals surface area contributed by atoms with Crippen LogP contribution in [0.1, 0.15) is 47.1 Å². The topological polar surface area (TPSA) is 90.3 Å². The predicted molar refractivity (Wildman–Crippen MR) is 116 cm³/mol. The van der Waals surface area contributed by atoms with Crippen LogP contribution in [0.2, 0.25) is 0 Å². The van der Waals surface area contributed by atoms with Gasteiger partial charge in [-0.3, -0.25) is 14.2 Å². The first-order chi connectivity index (χ1) is 15.0. The van der Waals surface area contributed by atoms with E-state index in [1.165, 1.54) is 11.1 Å². The molecule has 2 aliphatic rings. The molecule has 1 aliphatic carbocycles. The average Bonchev–Trinajstić information content (AvgIpc) is 3.42. The van der Waals surface area contributed by atoms with Gasteiger partial charge in [0.2, 0.25) is 0 Å². The van der Waals surface area contributed by atoms with Gasteiger partial charge < -0.3 is 10.1 Å². The number of anilines is 1. The third-order valence-corrected chi connectivity index (χ3v) is 6.07. The number of nitrogens with zero attached hydrogens (tertiary/aromatic N) is 2. The summed E-state index contributed by atoms with van der Waals surface area (Å²) in [7, 11) is 0. The molecular weight excluding hydrogens is 394 g/mol. The maximum Gasteiger partial charge on any atom is 0.338 e. The van der Waals surface area contributed by atoms with E-state index >= 15 is 0 Å². The fourth-order valence-corrected chi connectivity index (χ4v) is 4.39. The van der Waals surface area contributed by atoms with E-state index in [9.17, 15) is 14.4 Å². The van der Waals surface area contributed by atoms with Gasteiger partial charge in [0.1, 0.15) is 5.82 Å². The Hall–Kier alpha value is -3.48. The Morgan fingerprint density at radius 3 is 2.77 bits per heavy atom. The first-order valence-corrected chi connectivity index (χ1v) is 10.7. The lowest BCUT2D eigenvalue weighted by atomic mass is 10.1. The van der Waals surface area contributed by atoms with Crippen molar-refractivity contribution in [2.24, 2.45) is 0 Å². The highest BCUT2D eigenvalue weighted by atomic mass is 16.5. The van der Waals surface area contributed by atoms with Crippen LogP contribution >= 0.6 is 0 Å². The lowest BCUT2D eigenvalue weighted by molar-refractivity contribution is -0.123. The van der Waals surface area contributed by atoms with Crippen LogP contribution in [0.4, 0.5) is 5.69 Å². The van der Waals surface area contributed by atoms with Crippen molar-refractivity contribution in [3.8, 4) is 0 Å². The van der Waals surface area contributed by atoms with Crippen molar-refractivity contribution in [3.05, 3.63) is 69.3 Å². The van der Waals surface area contributed by atoms with Gasteiger partial charge in [0.25, 0.3) is 11.5 Å². The van der Waals surface area contributed by atoms with E-state index in [1.54, 1.807) is 29.7 Å². The number of esters is 1. The number of aryl methyl sites for hydroxylation is 3. The number of fused-ring (bicyclic) bond motifs is 3. The molecule has 0 spiro atoms. The minimum absolute atomic E-state index is 0.0838. The highest BCUT2D eigenvalue weighted by molar-refractivity contribution is 5.98. The van der Waals surface area contributed by atoms with Gasteiger partial charge >= 0.3 is 5.97 Å². The summed E-state index contributed by atoms with van der Waals surface area (Å²) in [5.74, 6) is -0.271. The number of rotatable bonds is 4. The number of amides is 1. The van der Waals surface area contributed by atoms with Crippen molar-refractivity contribution in [3.63, 3.8) is 0 Å². The summed E-state index contributed by atoms with van der Waals surface area (Å²) < 4.78 is 7.06. The van der Waals surface area contributed by atoms with Gasteiger partial charge in [-0.25, -0.2) is 9.78 Å². The highest BCUT2D eigenvalue weighted by Crippen LogP contribution is 2.25. The summed E-state index contributed by atoms with van der Waals surface area (Å²) in [6, 6.07) is 10.6. The summed E-state index contributed by atoms with van der Waals surface area (Å²) in [6.45, 7) is 2.22. The summed E-state index contributed by atoms with van der Waals surface area (Å²) >= 11 is 0. The van der Waals surface area contributed by atoms with E-state index in [0.717, 1.165) is 37.9 Å². The number of aromatic nitrogens is 2. The van der Waals surface area contributed by atoms with Gasteiger partial charge in [0.05, 0.1) is 16.5 Å². The van der Waals surface area contributed by atoms with Crippen molar-refractivity contribution >= 4 is 28.5 Å². The van der Waals surface area contributed by atoms with Gasteiger partial charge in [0, 0.05) is 18.7 Å². The third-order valence-electron chi connectivity index (χ3n) is 6.07. The second-order valence-electron chi connectivity index (χ2n) is 8.19. The van der Waals surface area contributed by atoms with Crippen LogP contribution in [0.3, 0.4) is 0 Å². The summed E-state index contributed by atoms with van der Waals surface area (Å²) in [4.78, 5) is 42.2. The second-order valence-corrected chi connectivity index (χ2v) is 8.19. The molecule has 1 amide bonds. The number of benzene rings is 2. The molecule has 2 heterocycles. The minimum Gasteiger partial charge on any atom is -0.449 e. The normalized spacial score (nSPS) is 15.4. The summed E-state index contributed by atoms with van der Waals surface area (Å²) in [6.07, 6.45) is 3.91. The zero-order valence-electron chi connectivity index (χ0n) is 17.3. The molecule has 1 aromatic heterocycles. The van der Waals surface area contributed by atoms with Crippen molar-refractivity contribution in [2.45, 2.75) is 51.7 Å². The third kappa shape index (κ3) is 3.60. The molecule has 3 aromatic rings. The molecule has 1 atom stereocenters. The lowest BCUT2D eigenvalue weighted by Gasteiger charge is -2.14. The molecule has 7 nitrogen and oxygen atoms in total. The highest BCUT2D eigenvalue weighted by Gasteiger charge is 2.22. The predicted octanol–water partition coefficient (Wildman–Crippen LogP) is 3.02. The van der Waals surface area contributed by atoms with Crippen molar-refractivity contribution in [1.82, 2.24) is 9.55 Å². The van der Waals surface area contributed by atoms with Gasteiger partial charge in [-0.05, 0) is 74.1 Å². The number of carbonyl (C=O) groups is 2. The van der Waals surface area contributed by atoms with Crippen LogP contribution in [0.15, 0.2) is 41.2 Å². The fourth-order valence-electron chi connectivity index (χ4n) is 4.39. The molecule has 158 valence electrons. The largest absolute Gasteiger partial charge is 0.449 e. The first-order valence-electron chi connectivity index (χ1n) is 10.7. The minimum atomic E-state index is -0.963. The first kappa shape index (κ1) is 19.5. The molecular formula is C24H23N3O4. The Balaban J connectivity index is 1.30. The molecule has 1 N–H and O–H groups in total. The van der Waals surface area contributed by atoms with E-state index < -0.39 is 12.1 Å². The van der Waals surface area contributed by atoms with Crippen LogP contribution in [0, 0.1) is 0 Å². The Morgan fingerprint density at radius 2 is 1.90 bits per heavy atom. The van der Waals surface area contributed by atoms with Crippen molar-refractivity contribution in [2.75, 3.05) is 5.32 Å². The van der Waals surface area contributed by atoms with E-state index in [4.69, 9.17) is 4.74 Å². The monoisotopic (exact) mass is 417 g/mol. The van der Waals surface area contributed by atoms with E-state index in [2.05, 4.69) is 10.3 Å². The average molecular weight is 417 g/mol. The van der Waals surface area contributed by atoms with Crippen LogP contribution in [-0.4, -0.2) is 27.5 Å². The summed E-state index contributed by atoms with van der Waals surface area (Å²) in [5, 5.41) is 3.30.